The summed E-state index contributed by atoms with van der Waals surface area (Å²) >= 11 is 0. The van der Waals surface area contributed by atoms with E-state index in [2.05, 4.69) is 10.6 Å². The molecular formula is C15H29N3O2. The van der Waals surface area contributed by atoms with Gasteiger partial charge >= 0.3 is 0 Å². The number of rotatable bonds is 5. The SMILES string of the molecule is CN(CC(=O)NC(C)(C)C)C(=O)CCC1CCCNC1. The first-order valence-corrected chi connectivity index (χ1v) is 7.53. The lowest BCUT2D eigenvalue weighted by Crippen LogP contribution is -2.46. The lowest BCUT2D eigenvalue weighted by molar-refractivity contribution is -0.135. The lowest BCUT2D eigenvalue weighted by atomic mass is 9.94. The van der Waals surface area contributed by atoms with Crippen LogP contribution >= 0.6 is 0 Å². The smallest absolute Gasteiger partial charge is 0.240 e. The van der Waals surface area contributed by atoms with Crippen molar-refractivity contribution in [1.82, 2.24) is 15.5 Å². The van der Waals surface area contributed by atoms with E-state index in [4.69, 9.17) is 0 Å². The van der Waals surface area contributed by atoms with Gasteiger partial charge in [0.2, 0.25) is 11.8 Å². The third-order valence-corrected chi connectivity index (χ3v) is 3.49. The zero-order valence-electron chi connectivity index (χ0n) is 13.3. The molecular weight excluding hydrogens is 254 g/mol. The molecule has 0 bridgehead atoms. The highest BCUT2D eigenvalue weighted by Crippen LogP contribution is 2.16. The van der Waals surface area contributed by atoms with Crippen LogP contribution in [-0.4, -0.2) is 48.9 Å². The second-order valence-electron chi connectivity index (χ2n) is 6.80. The molecule has 5 heteroatoms. The van der Waals surface area contributed by atoms with Gasteiger partial charge in [-0.15, -0.1) is 0 Å². The van der Waals surface area contributed by atoms with Gasteiger partial charge in [-0.25, -0.2) is 0 Å². The summed E-state index contributed by atoms with van der Waals surface area (Å²) in [6.07, 6.45) is 3.85. The van der Waals surface area contributed by atoms with Crippen LogP contribution in [0.15, 0.2) is 0 Å². The molecule has 20 heavy (non-hydrogen) atoms. The molecule has 0 spiro atoms. The van der Waals surface area contributed by atoms with Crippen molar-refractivity contribution in [3.8, 4) is 0 Å². The molecule has 1 atom stereocenters. The van der Waals surface area contributed by atoms with Crippen LogP contribution in [0.1, 0.15) is 46.5 Å². The molecule has 116 valence electrons. The predicted molar refractivity (Wildman–Crippen MR) is 80.4 cm³/mol. The Hall–Kier alpha value is -1.10. The highest BCUT2D eigenvalue weighted by Gasteiger charge is 2.19. The zero-order valence-corrected chi connectivity index (χ0v) is 13.3. The van der Waals surface area contributed by atoms with E-state index in [1.807, 2.05) is 20.8 Å². The minimum atomic E-state index is -0.255. The number of hydrogen-bond acceptors (Lipinski definition) is 3. The van der Waals surface area contributed by atoms with Crippen LogP contribution in [0, 0.1) is 5.92 Å². The molecule has 1 unspecified atom stereocenters. The van der Waals surface area contributed by atoms with Gasteiger partial charge in [-0.3, -0.25) is 9.59 Å². The van der Waals surface area contributed by atoms with Gasteiger partial charge in [-0.2, -0.15) is 0 Å². The molecule has 5 nitrogen and oxygen atoms in total. The van der Waals surface area contributed by atoms with E-state index in [0.29, 0.717) is 12.3 Å². The Labute approximate surface area is 122 Å². The van der Waals surface area contributed by atoms with Crippen molar-refractivity contribution in [3.05, 3.63) is 0 Å². The fourth-order valence-electron chi connectivity index (χ4n) is 2.45. The van der Waals surface area contributed by atoms with Gasteiger partial charge in [-0.05, 0) is 59.0 Å². The van der Waals surface area contributed by atoms with E-state index in [-0.39, 0.29) is 23.9 Å². The Morgan fingerprint density at radius 2 is 2.05 bits per heavy atom. The first-order chi connectivity index (χ1) is 9.28. The summed E-state index contributed by atoms with van der Waals surface area (Å²) in [5.74, 6) is 0.553. The van der Waals surface area contributed by atoms with Gasteiger partial charge in [0.1, 0.15) is 0 Å². The van der Waals surface area contributed by atoms with E-state index in [0.717, 1.165) is 19.5 Å². The summed E-state index contributed by atoms with van der Waals surface area (Å²) in [6.45, 7) is 8.05. The summed E-state index contributed by atoms with van der Waals surface area (Å²) in [5.41, 5.74) is -0.255. The van der Waals surface area contributed by atoms with Gasteiger partial charge in [0, 0.05) is 19.0 Å². The van der Waals surface area contributed by atoms with Gasteiger partial charge < -0.3 is 15.5 Å². The molecule has 0 radical (unpaired) electrons. The topological polar surface area (TPSA) is 61.4 Å². The van der Waals surface area contributed by atoms with Crippen molar-refractivity contribution >= 4 is 11.8 Å². The molecule has 0 saturated carbocycles. The molecule has 0 aromatic carbocycles. The number of piperidine rings is 1. The van der Waals surface area contributed by atoms with Crippen LogP contribution in [0.4, 0.5) is 0 Å². The molecule has 2 amide bonds. The van der Waals surface area contributed by atoms with Crippen LogP contribution < -0.4 is 10.6 Å². The number of carbonyl (C=O) groups is 2. The summed E-state index contributed by atoms with van der Waals surface area (Å²) in [7, 11) is 1.70. The Kier molecular flexibility index (Phi) is 6.46. The Morgan fingerprint density at radius 3 is 2.60 bits per heavy atom. The first-order valence-electron chi connectivity index (χ1n) is 7.53. The van der Waals surface area contributed by atoms with E-state index in [9.17, 15) is 9.59 Å². The molecule has 1 saturated heterocycles. The summed E-state index contributed by atoms with van der Waals surface area (Å²) in [4.78, 5) is 25.3. The first kappa shape index (κ1) is 17.0. The Morgan fingerprint density at radius 1 is 1.35 bits per heavy atom. The summed E-state index contributed by atoms with van der Waals surface area (Å²) < 4.78 is 0. The van der Waals surface area contributed by atoms with Crippen molar-refractivity contribution in [2.75, 3.05) is 26.7 Å². The van der Waals surface area contributed by atoms with E-state index in [1.54, 1.807) is 7.05 Å². The van der Waals surface area contributed by atoms with Crippen molar-refractivity contribution in [2.45, 2.75) is 52.0 Å². The number of nitrogens with one attached hydrogen (secondary N) is 2. The van der Waals surface area contributed by atoms with Crippen LogP contribution in [0.3, 0.4) is 0 Å². The molecule has 0 aromatic rings. The number of hydrogen-bond donors (Lipinski definition) is 2. The van der Waals surface area contributed by atoms with Crippen LogP contribution in [0.25, 0.3) is 0 Å². The second kappa shape index (κ2) is 7.62. The second-order valence-corrected chi connectivity index (χ2v) is 6.80. The minimum Gasteiger partial charge on any atom is -0.350 e. The van der Waals surface area contributed by atoms with E-state index < -0.39 is 0 Å². The molecule has 1 rings (SSSR count). The predicted octanol–water partition coefficient (Wildman–Crippen LogP) is 1.14. The number of amides is 2. The third-order valence-electron chi connectivity index (χ3n) is 3.49. The zero-order chi connectivity index (χ0) is 15.2. The van der Waals surface area contributed by atoms with Crippen LogP contribution in [0.2, 0.25) is 0 Å². The standard InChI is InChI=1S/C15H29N3O2/c1-15(2,3)17-13(19)11-18(4)14(20)8-7-12-6-5-9-16-10-12/h12,16H,5-11H2,1-4H3,(H,17,19). The van der Waals surface area contributed by atoms with Crippen molar-refractivity contribution in [2.24, 2.45) is 5.92 Å². The van der Waals surface area contributed by atoms with Gasteiger partial charge in [0.25, 0.3) is 0 Å². The molecule has 1 heterocycles. The average molecular weight is 283 g/mol. The largest absolute Gasteiger partial charge is 0.350 e. The van der Waals surface area contributed by atoms with Crippen molar-refractivity contribution in [1.29, 1.82) is 0 Å². The maximum Gasteiger partial charge on any atom is 0.240 e. The fraction of sp³-hybridized carbons (Fsp3) is 0.867. The molecule has 1 aliphatic heterocycles. The molecule has 2 N–H and O–H groups in total. The monoisotopic (exact) mass is 283 g/mol. The van der Waals surface area contributed by atoms with Crippen LogP contribution in [0.5, 0.6) is 0 Å². The van der Waals surface area contributed by atoms with Gasteiger partial charge in [-0.1, -0.05) is 0 Å². The van der Waals surface area contributed by atoms with E-state index >= 15 is 0 Å². The number of carbonyl (C=O) groups excluding carboxylic acids is 2. The summed E-state index contributed by atoms with van der Waals surface area (Å²) in [6, 6.07) is 0. The third kappa shape index (κ3) is 6.89. The van der Waals surface area contributed by atoms with Crippen molar-refractivity contribution in [3.63, 3.8) is 0 Å². The van der Waals surface area contributed by atoms with Crippen molar-refractivity contribution < 1.29 is 9.59 Å². The maximum absolute atomic E-state index is 12.0. The molecule has 0 aliphatic carbocycles. The highest BCUT2D eigenvalue weighted by atomic mass is 16.2. The van der Waals surface area contributed by atoms with Gasteiger partial charge in [0.15, 0.2) is 0 Å². The fourth-order valence-corrected chi connectivity index (χ4v) is 2.45. The van der Waals surface area contributed by atoms with E-state index in [1.165, 1.54) is 17.7 Å². The highest BCUT2D eigenvalue weighted by molar-refractivity contribution is 5.84. The van der Waals surface area contributed by atoms with Crippen LogP contribution in [-0.2, 0) is 9.59 Å². The number of nitrogens with zero attached hydrogens (tertiary/aromatic N) is 1. The average Bonchev–Trinajstić information content (AvgIpc) is 2.34. The number of likely N-dealkylation sites (N-methyl/N-ethyl adjacent to an activating group) is 1. The molecule has 1 fully saturated rings. The van der Waals surface area contributed by atoms with Gasteiger partial charge in [0.05, 0.1) is 6.54 Å². The quantitative estimate of drug-likeness (QED) is 0.795. The normalized spacial score (nSPS) is 19.5. The Balaban J connectivity index is 2.26. The Bertz CT molecular complexity index is 331. The molecule has 1 aliphatic rings. The summed E-state index contributed by atoms with van der Waals surface area (Å²) in [5, 5.41) is 6.22. The minimum absolute atomic E-state index is 0.0552. The maximum atomic E-state index is 12.0. The molecule has 0 aromatic heterocycles. The lowest BCUT2D eigenvalue weighted by Gasteiger charge is -2.25.